The molecule has 1 saturated carbocycles. The summed E-state index contributed by atoms with van der Waals surface area (Å²) < 4.78 is 5.38. The molecule has 0 N–H and O–H groups in total. The lowest BCUT2D eigenvalue weighted by Gasteiger charge is -2.40. The van der Waals surface area contributed by atoms with Crippen LogP contribution in [0.5, 0.6) is 0 Å². The van der Waals surface area contributed by atoms with Crippen LogP contribution in [0.3, 0.4) is 0 Å². The summed E-state index contributed by atoms with van der Waals surface area (Å²) >= 11 is 0. The third-order valence-electron chi connectivity index (χ3n) is 3.77. The summed E-state index contributed by atoms with van der Waals surface area (Å²) in [5.74, 6) is 2.01. The van der Waals surface area contributed by atoms with E-state index in [-0.39, 0.29) is 0 Å². The quantitative estimate of drug-likeness (QED) is 0.846. The summed E-state index contributed by atoms with van der Waals surface area (Å²) in [4.78, 5) is 8.79. The Morgan fingerprint density at radius 1 is 1.32 bits per heavy atom. The Bertz CT molecular complexity index is 563. The van der Waals surface area contributed by atoms with Crippen LogP contribution < -0.4 is 0 Å². The molecule has 0 amide bonds. The maximum absolute atomic E-state index is 5.38. The molecular weight excluding hydrogens is 238 g/mol. The van der Waals surface area contributed by atoms with Gasteiger partial charge in [-0.05, 0) is 36.8 Å². The van der Waals surface area contributed by atoms with Gasteiger partial charge in [-0.2, -0.15) is 4.98 Å². The highest BCUT2D eigenvalue weighted by Gasteiger charge is 2.40. The monoisotopic (exact) mass is 257 g/mol. The third-order valence-corrected chi connectivity index (χ3v) is 3.77. The van der Waals surface area contributed by atoms with Gasteiger partial charge in [-0.15, -0.1) is 0 Å². The van der Waals surface area contributed by atoms with Gasteiger partial charge in [-0.1, -0.05) is 25.1 Å². The molecule has 3 rings (SSSR count). The van der Waals surface area contributed by atoms with Crippen LogP contribution in [0, 0.1) is 12.3 Å². The van der Waals surface area contributed by atoms with Gasteiger partial charge in [0.05, 0.1) is 0 Å². The number of nitrogens with zero attached hydrogens (tertiary/aromatic N) is 3. The van der Waals surface area contributed by atoms with Gasteiger partial charge in [-0.3, -0.25) is 4.98 Å². The lowest BCUT2D eigenvalue weighted by atomic mass is 9.64. The molecule has 0 aromatic carbocycles. The smallest absolute Gasteiger partial charge is 0.229 e. The van der Waals surface area contributed by atoms with Gasteiger partial charge in [0, 0.05) is 24.2 Å². The first-order chi connectivity index (χ1) is 9.02. The minimum atomic E-state index is 0.431. The van der Waals surface area contributed by atoms with Crippen molar-refractivity contribution < 1.29 is 4.52 Å². The molecule has 1 aliphatic carbocycles. The fourth-order valence-electron chi connectivity index (χ4n) is 2.74. The van der Waals surface area contributed by atoms with Crippen molar-refractivity contribution in [2.24, 2.45) is 5.41 Å². The number of aromatic nitrogens is 3. The number of rotatable bonds is 3. The average Bonchev–Trinajstić information content (AvgIpc) is 2.77. The van der Waals surface area contributed by atoms with E-state index in [1.54, 1.807) is 0 Å². The van der Waals surface area contributed by atoms with Crippen molar-refractivity contribution in [3.8, 4) is 0 Å². The summed E-state index contributed by atoms with van der Waals surface area (Å²) in [7, 11) is 0. The first kappa shape index (κ1) is 12.3. The lowest BCUT2D eigenvalue weighted by molar-refractivity contribution is 0.124. The van der Waals surface area contributed by atoms with Crippen molar-refractivity contribution in [2.45, 2.75) is 46.0 Å². The van der Waals surface area contributed by atoms with Crippen LogP contribution in [0.4, 0.5) is 0 Å². The van der Waals surface area contributed by atoms with E-state index in [1.807, 2.05) is 19.2 Å². The van der Waals surface area contributed by atoms with Crippen molar-refractivity contribution in [2.75, 3.05) is 0 Å². The Kier molecular flexibility index (Phi) is 2.88. The predicted molar refractivity (Wildman–Crippen MR) is 71.8 cm³/mol. The van der Waals surface area contributed by atoms with E-state index in [4.69, 9.17) is 4.52 Å². The molecule has 0 saturated heterocycles. The van der Waals surface area contributed by atoms with Crippen LogP contribution in [-0.2, 0) is 6.42 Å². The van der Waals surface area contributed by atoms with Gasteiger partial charge >= 0.3 is 0 Å². The second-order valence-electron chi connectivity index (χ2n) is 6.30. The Labute approximate surface area is 113 Å². The van der Waals surface area contributed by atoms with Gasteiger partial charge in [0.25, 0.3) is 0 Å². The van der Waals surface area contributed by atoms with E-state index in [9.17, 15) is 0 Å². The zero-order valence-electron chi connectivity index (χ0n) is 11.7. The molecule has 0 radical (unpaired) electrons. The van der Waals surface area contributed by atoms with Gasteiger partial charge in [0.1, 0.15) is 0 Å². The van der Waals surface area contributed by atoms with E-state index in [0.29, 0.717) is 17.8 Å². The summed E-state index contributed by atoms with van der Waals surface area (Å²) in [5.41, 5.74) is 2.57. The van der Waals surface area contributed by atoms with E-state index in [2.05, 4.69) is 35.0 Å². The molecule has 1 fully saturated rings. The molecule has 0 atom stereocenters. The summed E-state index contributed by atoms with van der Waals surface area (Å²) in [6.45, 7) is 6.53. The summed E-state index contributed by atoms with van der Waals surface area (Å²) in [6.07, 6.45) is 4.84. The Morgan fingerprint density at radius 2 is 2.11 bits per heavy atom. The standard InChI is InChI=1S/C15H19N3O/c1-10-4-5-11(9-16-10)6-13-17-14(19-18-13)12-7-15(2,3)8-12/h4-5,9,12H,6-8H2,1-3H3. The molecule has 1 aliphatic rings. The maximum Gasteiger partial charge on any atom is 0.229 e. The summed E-state index contributed by atoms with van der Waals surface area (Å²) in [6, 6.07) is 4.07. The second kappa shape index (κ2) is 4.44. The average molecular weight is 257 g/mol. The van der Waals surface area contributed by atoms with Crippen molar-refractivity contribution in [1.82, 2.24) is 15.1 Å². The van der Waals surface area contributed by atoms with Gasteiger partial charge in [-0.25, -0.2) is 0 Å². The Balaban J connectivity index is 1.67. The first-order valence-electron chi connectivity index (χ1n) is 6.76. The molecule has 0 spiro atoms. The Morgan fingerprint density at radius 3 is 2.74 bits per heavy atom. The fraction of sp³-hybridized carbons (Fsp3) is 0.533. The zero-order valence-corrected chi connectivity index (χ0v) is 11.7. The van der Waals surface area contributed by atoms with Crippen molar-refractivity contribution in [3.63, 3.8) is 0 Å². The number of pyridine rings is 1. The summed E-state index contributed by atoms with van der Waals surface area (Å²) in [5, 5.41) is 4.07. The van der Waals surface area contributed by atoms with Crippen LogP contribution in [-0.4, -0.2) is 15.1 Å². The molecular formula is C15H19N3O. The van der Waals surface area contributed by atoms with Gasteiger partial charge in [0.15, 0.2) is 5.82 Å². The van der Waals surface area contributed by atoms with Gasteiger partial charge in [0.2, 0.25) is 5.89 Å². The minimum absolute atomic E-state index is 0.431. The predicted octanol–water partition coefficient (Wildman–Crippen LogP) is 3.27. The molecule has 4 nitrogen and oxygen atoms in total. The van der Waals surface area contributed by atoms with E-state index in [1.165, 1.54) is 0 Å². The molecule has 2 aromatic rings. The maximum atomic E-state index is 5.38. The van der Waals surface area contributed by atoms with Crippen LogP contribution in [0.1, 0.15) is 55.6 Å². The van der Waals surface area contributed by atoms with E-state index in [0.717, 1.165) is 35.8 Å². The SMILES string of the molecule is Cc1ccc(Cc2noc(C3CC(C)(C)C3)n2)cn1. The molecule has 19 heavy (non-hydrogen) atoms. The van der Waals surface area contributed by atoms with Crippen molar-refractivity contribution in [1.29, 1.82) is 0 Å². The highest BCUT2D eigenvalue weighted by atomic mass is 16.5. The molecule has 100 valence electrons. The van der Waals surface area contributed by atoms with Crippen molar-refractivity contribution >= 4 is 0 Å². The number of hydrogen-bond acceptors (Lipinski definition) is 4. The topological polar surface area (TPSA) is 51.8 Å². The first-order valence-corrected chi connectivity index (χ1v) is 6.76. The van der Waals surface area contributed by atoms with Crippen molar-refractivity contribution in [3.05, 3.63) is 41.3 Å². The Hall–Kier alpha value is -1.71. The molecule has 4 heteroatoms. The van der Waals surface area contributed by atoms with E-state index >= 15 is 0 Å². The number of aryl methyl sites for hydroxylation is 1. The highest BCUT2D eigenvalue weighted by Crippen LogP contribution is 2.49. The van der Waals surface area contributed by atoms with E-state index < -0.39 is 0 Å². The van der Waals surface area contributed by atoms with Crippen LogP contribution in [0.15, 0.2) is 22.9 Å². The number of hydrogen-bond donors (Lipinski definition) is 0. The molecule has 2 aromatic heterocycles. The normalized spacial score (nSPS) is 18.3. The van der Waals surface area contributed by atoms with Crippen LogP contribution >= 0.6 is 0 Å². The molecule has 0 aliphatic heterocycles. The molecule has 0 bridgehead atoms. The highest BCUT2D eigenvalue weighted by molar-refractivity contribution is 5.17. The van der Waals surface area contributed by atoms with Crippen LogP contribution in [0.25, 0.3) is 0 Å². The third kappa shape index (κ3) is 2.67. The minimum Gasteiger partial charge on any atom is -0.339 e. The van der Waals surface area contributed by atoms with Gasteiger partial charge < -0.3 is 4.52 Å². The largest absolute Gasteiger partial charge is 0.339 e. The second-order valence-corrected chi connectivity index (χ2v) is 6.30. The van der Waals surface area contributed by atoms with Crippen LogP contribution in [0.2, 0.25) is 0 Å². The molecule has 0 unspecified atom stereocenters. The zero-order chi connectivity index (χ0) is 13.5. The fourth-order valence-corrected chi connectivity index (χ4v) is 2.74. The lowest BCUT2D eigenvalue weighted by Crippen LogP contribution is -2.29. The molecule has 2 heterocycles.